The van der Waals surface area contributed by atoms with Crippen molar-refractivity contribution >= 4 is 38.5 Å². The lowest BCUT2D eigenvalue weighted by atomic mass is 9.90. The van der Waals surface area contributed by atoms with Crippen LogP contribution in [0.25, 0.3) is 10.9 Å². The van der Waals surface area contributed by atoms with Gasteiger partial charge in [0, 0.05) is 34.6 Å². The molecule has 2 aromatic carbocycles. The SMILES string of the molecule is COC(=O)c1cccc(N2CCC(c3ncnc4ccc(Br)cc34)CC2)c1. The molecule has 4 rings (SSSR count). The molecule has 0 radical (unpaired) electrons. The van der Waals surface area contributed by atoms with Crippen LogP contribution in [0.4, 0.5) is 5.69 Å². The van der Waals surface area contributed by atoms with Gasteiger partial charge in [0.25, 0.3) is 0 Å². The van der Waals surface area contributed by atoms with Gasteiger partial charge in [0.15, 0.2) is 0 Å². The number of anilines is 1. The molecule has 6 heteroatoms. The van der Waals surface area contributed by atoms with Crippen molar-refractivity contribution in [2.45, 2.75) is 18.8 Å². The van der Waals surface area contributed by atoms with E-state index in [1.165, 1.54) is 7.11 Å². The number of hydrogen-bond acceptors (Lipinski definition) is 5. The van der Waals surface area contributed by atoms with Crippen molar-refractivity contribution in [3.05, 3.63) is 64.5 Å². The van der Waals surface area contributed by atoms with Crippen molar-refractivity contribution in [3.63, 3.8) is 0 Å². The zero-order valence-corrected chi connectivity index (χ0v) is 16.6. The molecule has 5 nitrogen and oxygen atoms in total. The van der Waals surface area contributed by atoms with Crippen LogP contribution in [0.3, 0.4) is 0 Å². The summed E-state index contributed by atoms with van der Waals surface area (Å²) in [6.45, 7) is 1.85. The maximum atomic E-state index is 11.8. The van der Waals surface area contributed by atoms with Gasteiger partial charge < -0.3 is 9.64 Å². The van der Waals surface area contributed by atoms with E-state index < -0.39 is 0 Å². The fourth-order valence-electron chi connectivity index (χ4n) is 3.73. The van der Waals surface area contributed by atoms with Gasteiger partial charge in [0.05, 0.1) is 23.9 Å². The zero-order valence-electron chi connectivity index (χ0n) is 15.1. The van der Waals surface area contributed by atoms with Crippen molar-refractivity contribution in [2.24, 2.45) is 0 Å². The van der Waals surface area contributed by atoms with E-state index in [0.29, 0.717) is 11.5 Å². The molecule has 138 valence electrons. The van der Waals surface area contributed by atoms with Crippen molar-refractivity contribution in [1.29, 1.82) is 0 Å². The van der Waals surface area contributed by atoms with E-state index in [1.54, 1.807) is 12.4 Å². The topological polar surface area (TPSA) is 55.3 Å². The molecule has 1 saturated heterocycles. The minimum Gasteiger partial charge on any atom is -0.465 e. The van der Waals surface area contributed by atoms with Gasteiger partial charge in [-0.3, -0.25) is 0 Å². The number of methoxy groups -OCH3 is 1. The molecule has 0 spiro atoms. The quantitative estimate of drug-likeness (QED) is 0.575. The van der Waals surface area contributed by atoms with Crippen LogP contribution in [-0.4, -0.2) is 36.1 Å². The van der Waals surface area contributed by atoms with Crippen LogP contribution in [0.2, 0.25) is 0 Å². The fraction of sp³-hybridized carbons (Fsp3) is 0.286. The molecule has 27 heavy (non-hydrogen) atoms. The Kier molecular flexibility index (Phi) is 5.07. The average molecular weight is 426 g/mol. The Morgan fingerprint density at radius 2 is 1.96 bits per heavy atom. The molecule has 0 unspecified atom stereocenters. The van der Waals surface area contributed by atoms with Gasteiger partial charge in [0.2, 0.25) is 0 Å². The van der Waals surface area contributed by atoms with Crippen molar-refractivity contribution in [1.82, 2.24) is 9.97 Å². The lowest BCUT2D eigenvalue weighted by molar-refractivity contribution is 0.0601. The van der Waals surface area contributed by atoms with Gasteiger partial charge in [0.1, 0.15) is 6.33 Å². The molecule has 1 aliphatic heterocycles. The van der Waals surface area contributed by atoms with Crippen LogP contribution in [0.1, 0.15) is 34.8 Å². The number of piperidine rings is 1. The van der Waals surface area contributed by atoms with Gasteiger partial charge >= 0.3 is 5.97 Å². The van der Waals surface area contributed by atoms with Crippen LogP contribution in [0, 0.1) is 0 Å². The molecular weight excluding hydrogens is 406 g/mol. The van der Waals surface area contributed by atoms with Crippen molar-refractivity contribution < 1.29 is 9.53 Å². The summed E-state index contributed by atoms with van der Waals surface area (Å²) in [5.74, 6) is 0.106. The minimum atomic E-state index is -0.301. The first kappa shape index (κ1) is 17.9. The Balaban J connectivity index is 1.53. The summed E-state index contributed by atoms with van der Waals surface area (Å²) in [6, 6.07) is 13.8. The van der Waals surface area contributed by atoms with E-state index >= 15 is 0 Å². The molecule has 1 aromatic heterocycles. The lowest BCUT2D eigenvalue weighted by Gasteiger charge is -2.33. The first-order valence-corrected chi connectivity index (χ1v) is 9.78. The molecule has 0 N–H and O–H groups in total. The number of carbonyl (C=O) groups is 1. The second-order valence-electron chi connectivity index (χ2n) is 6.72. The summed E-state index contributed by atoms with van der Waals surface area (Å²) >= 11 is 3.55. The number of esters is 1. The average Bonchev–Trinajstić information content (AvgIpc) is 2.73. The molecule has 3 aromatic rings. The van der Waals surface area contributed by atoms with Gasteiger partial charge in [-0.1, -0.05) is 22.0 Å². The Morgan fingerprint density at radius 1 is 1.15 bits per heavy atom. The van der Waals surface area contributed by atoms with E-state index in [2.05, 4.69) is 36.9 Å². The number of benzene rings is 2. The maximum Gasteiger partial charge on any atom is 0.337 e. The van der Waals surface area contributed by atoms with Crippen LogP contribution in [0.15, 0.2) is 53.3 Å². The normalized spacial score (nSPS) is 15.1. The third kappa shape index (κ3) is 3.67. The van der Waals surface area contributed by atoms with Gasteiger partial charge in [-0.15, -0.1) is 0 Å². The van der Waals surface area contributed by atoms with Crippen LogP contribution >= 0.6 is 15.9 Å². The lowest BCUT2D eigenvalue weighted by Crippen LogP contribution is -2.33. The highest BCUT2D eigenvalue weighted by Crippen LogP contribution is 2.33. The van der Waals surface area contributed by atoms with Crippen LogP contribution in [0.5, 0.6) is 0 Å². The largest absolute Gasteiger partial charge is 0.465 e. The molecule has 0 atom stereocenters. The number of hydrogen-bond donors (Lipinski definition) is 0. The van der Waals surface area contributed by atoms with E-state index in [1.807, 2.05) is 30.3 Å². The highest BCUT2D eigenvalue weighted by molar-refractivity contribution is 9.10. The summed E-state index contributed by atoms with van der Waals surface area (Å²) in [5, 5.41) is 1.12. The van der Waals surface area contributed by atoms with Crippen LogP contribution < -0.4 is 4.90 Å². The Labute approximate surface area is 166 Å². The number of aromatic nitrogens is 2. The van der Waals surface area contributed by atoms with Crippen molar-refractivity contribution in [2.75, 3.05) is 25.1 Å². The first-order chi connectivity index (χ1) is 13.2. The predicted molar refractivity (Wildman–Crippen MR) is 109 cm³/mol. The Bertz CT molecular complexity index is 984. The number of fused-ring (bicyclic) bond motifs is 1. The minimum absolute atomic E-state index is 0.301. The molecule has 1 fully saturated rings. The number of nitrogens with zero attached hydrogens (tertiary/aromatic N) is 3. The summed E-state index contributed by atoms with van der Waals surface area (Å²) in [6.07, 6.45) is 3.69. The highest BCUT2D eigenvalue weighted by Gasteiger charge is 2.24. The second kappa shape index (κ2) is 7.64. The predicted octanol–water partition coefficient (Wildman–Crippen LogP) is 4.56. The monoisotopic (exact) mass is 425 g/mol. The number of carbonyl (C=O) groups excluding carboxylic acids is 1. The highest BCUT2D eigenvalue weighted by atomic mass is 79.9. The maximum absolute atomic E-state index is 11.8. The summed E-state index contributed by atoms with van der Waals surface area (Å²) in [5.41, 5.74) is 3.76. The third-order valence-electron chi connectivity index (χ3n) is 5.14. The second-order valence-corrected chi connectivity index (χ2v) is 7.64. The standard InChI is InChI=1S/C21H20BrN3O2/c1-27-21(26)15-3-2-4-17(11-15)25-9-7-14(8-10-25)20-18-12-16(22)5-6-19(18)23-13-24-20/h2-6,11-14H,7-10H2,1H3. The number of ether oxygens (including phenoxy) is 1. The Morgan fingerprint density at radius 3 is 2.74 bits per heavy atom. The molecule has 2 heterocycles. The molecule has 0 aliphatic carbocycles. The zero-order chi connectivity index (χ0) is 18.8. The Hall–Kier alpha value is -2.47. The fourth-order valence-corrected chi connectivity index (χ4v) is 4.09. The van der Waals surface area contributed by atoms with E-state index in [-0.39, 0.29) is 5.97 Å². The number of halogens is 1. The van der Waals surface area contributed by atoms with E-state index in [4.69, 9.17) is 4.74 Å². The first-order valence-electron chi connectivity index (χ1n) is 8.99. The molecule has 1 aliphatic rings. The third-order valence-corrected chi connectivity index (χ3v) is 5.64. The molecule has 0 amide bonds. The summed E-state index contributed by atoms with van der Waals surface area (Å²) in [4.78, 5) is 23.1. The molecule has 0 bridgehead atoms. The van der Waals surface area contributed by atoms with Gasteiger partial charge in [-0.05, 0) is 49.2 Å². The van der Waals surface area contributed by atoms with E-state index in [0.717, 1.165) is 52.7 Å². The van der Waals surface area contributed by atoms with Gasteiger partial charge in [-0.2, -0.15) is 0 Å². The molecule has 0 saturated carbocycles. The summed E-state index contributed by atoms with van der Waals surface area (Å²) in [7, 11) is 1.41. The molecular formula is C21H20BrN3O2. The number of rotatable bonds is 3. The smallest absolute Gasteiger partial charge is 0.337 e. The summed E-state index contributed by atoms with van der Waals surface area (Å²) < 4.78 is 5.87. The van der Waals surface area contributed by atoms with E-state index in [9.17, 15) is 4.79 Å². The van der Waals surface area contributed by atoms with Crippen LogP contribution in [-0.2, 0) is 4.74 Å². The van der Waals surface area contributed by atoms with Crippen molar-refractivity contribution in [3.8, 4) is 0 Å². The van der Waals surface area contributed by atoms with Gasteiger partial charge in [-0.25, -0.2) is 14.8 Å².